The van der Waals surface area contributed by atoms with Crippen LogP contribution in [0, 0.1) is 0 Å². The maximum Gasteiger partial charge on any atom is 0.142 e. The van der Waals surface area contributed by atoms with E-state index < -0.39 is 0 Å². The Morgan fingerprint density at radius 2 is 2.11 bits per heavy atom. The van der Waals surface area contributed by atoms with Crippen molar-refractivity contribution in [1.29, 1.82) is 0 Å². The van der Waals surface area contributed by atoms with Crippen LogP contribution in [0.5, 0.6) is 0 Å². The van der Waals surface area contributed by atoms with Gasteiger partial charge in [0.2, 0.25) is 0 Å². The molecular weight excluding hydrogens is 226 g/mol. The van der Waals surface area contributed by atoms with Gasteiger partial charge in [0.1, 0.15) is 17.8 Å². The molecule has 94 valence electrons. The fourth-order valence-electron chi connectivity index (χ4n) is 3.39. The summed E-state index contributed by atoms with van der Waals surface area (Å²) in [5.74, 6) is 1.11. The van der Waals surface area contributed by atoms with Gasteiger partial charge in [-0.1, -0.05) is 0 Å². The van der Waals surface area contributed by atoms with Crippen LogP contribution in [0.15, 0.2) is 18.6 Å². The van der Waals surface area contributed by atoms with Crippen LogP contribution < -0.4 is 10.2 Å². The molecule has 0 aromatic carbocycles. The minimum absolute atomic E-state index is 0.588. The Morgan fingerprint density at radius 3 is 3.11 bits per heavy atom. The number of nitrogens with zero attached hydrogens (tertiary/aromatic N) is 3. The van der Waals surface area contributed by atoms with Gasteiger partial charge in [-0.15, -0.1) is 0 Å². The van der Waals surface area contributed by atoms with Gasteiger partial charge in [-0.05, 0) is 31.9 Å². The van der Waals surface area contributed by atoms with Crippen LogP contribution in [0.3, 0.4) is 0 Å². The SMILES string of the molecule is c1nc(N2[C@@H]3CCNC[C@H]2CC3)c2cc[nH]c2n1. The van der Waals surface area contributed by atoms with Gasteiger partial charge in [-0.2, -0.15) is 0 Å². The molecule has 0 spiro atoms. The first kappa shape index (κ1) is 10.3. The van der Waals surface area contributed by atoms with Gasteiger partial charge in [0.15, 0.2) is 0 Å². The lowest BCUT2D eigenvalue weighted by atomic mass is 10.1. The predicted octanol–water partition coefficient (Wildman–Crippen LogP) is 1.29. The van der Waals surface area contributed by atoms with E-state index in [4.69, 9.17) is 0 Å². The average molecular weight is 243 g/mol. The molecule has 2 saturated heterocycles. The molecule has 2 N–H and O–H groups in total. The van der Waals surface area contributed by atoms with Crippen molar-refractivity contribution < 1.29 is 0 Å². The van der Waals surface area contributed by atoms with Crippen LogP contribution in [0.1, 0.15) is 19.3 Å². The lowest BCUT2D eigenvalue weighted by Gasteiger charge is -2.29. The molecule has 2 fully saturated rings. The first-order valence-electron chi connectivity index (χ1n) is 6.70. The third-order valence-electron chi connectivity index (χ3n) is 4.23. The molecule has 0 radical (unpaired) electrons. The van der Waals surface area contributed by atoms with Crippen LogP contribution in [-0.2, 0) is 0 Å². The van der Waals surface area contributed by atoms with Crippen LogP contribution in [0.25, 0.3) is 11.0 Å². The number of anilines is 1. The Hall–Kier alpha value is -1.62. The smallest absolute Gasteiger partial charge is 0.142 e. The summed E-state index contributed by atoms with van der Waals surface area (Å²) in [6.07, 6.45) is 7.40. The van der Waals surface area contributed by atoms with Crippen molar-refractivity contribution >= 4 is 16.9 Å². The van der Waals surface area contributed by atoms with E-state index in [1.165, 1.54) is 19.3 Å². The molecule has 2 bridgehead atoms. The summed E-state index contributed by atoms with van der Waals surface area (Å²) in [5, 5.41) is 4.68. The third-order valence-corrected chi connectivity index (χ3v) is 4.23. The zero-order valence-corrected chi connectivity index (χ0v) is 10.3. The van der Waals surface area contributed by atoms with Crippen molar-refractivity contribution in [2.24, 2.45) is 0 Å². The standard InChI is InChI=1S/C13H17N5/c1-2-10-7-14-5-3-9(1)18(10)13-11-4-6-15-12(11)16-8-17-13/h4,6,8-10,14H,1-3,5,7H2,(H,15,16,17)/t9-,10+/m0/s1. The molecule has 2 atom stereocenters. The topological polar surface area (TPSA) is 56.8 Å². The quantitative estimate of drug-likeness (QED) is 0.792. The number of aromatic nitrogens is 3. The van der Waals surface area contributed by atoms with Crippen molar-refractivity contribution in [3.05, 3.63) is 18.6 Å². The zero-order valence-electron chi connectivity index (χ0n) is 10.3. The number of hydrogen-bond donors (Lipinski definition) is 2. The summed E-state index contributed by atoms with van der Waals surface area (Å²) in [4.78, 5) is 14.5. The number of rotatable bonds is 1. The van der Waals surface area contributed by atoms with E-state index in [2.05, 4.69) is 31.2 Å². The first-order chi connectivity index (χ1) is 8.93. The van der Waals surface area contributed by atoms with Crippen molar-refractivity contribution in [3.63, 3.8) is 0 Å². The summed E-state index contributed by atoms with van der Waals surface area (Å²) in [7, 11) is 0. The van der Waals surface area contributed by atoms with E-state index in [0.717, 1.165) is 29.9 Å². The Kier molecular flexibility index (Phi) is 2.26. The molecule has 5 nitrogen and oxygen atoms in total. The molecule has 4 heterocycles. The van der Waals surface area contributed by atoms with Gasteiger partial charge in [-0.25, -0.2) is 9.97 Å². The molecule has 0 saturated carbocycles. The van der Waals surface area contributed by atoms with Crippen molar-refractivity contribution in [1.82, 2.24) is 20.3 Å². The molecule has 0 amide bonds. The van der Waals surface area contributed by atoms with E-state index in [1.807, 2.05) is 6.20 Å². The minimum atomic E-state index is 0.588. The monoisotopic (exact) mass is 243 g/mol. The summed E-state index contributed by atoms with van der Waals surface area (Å²) >= 11 is 0. The number of nitrogens with one attached hydrogen (secondary N) is 2. The van der Waals surface area contributed by atoms with Gasteiger partial charge in [0.25, 0.3) is 0 Å². The van der Waals surface area contributed by atoms with Gasteiger partial charge in [0, 0.05) is 24.8 Å². The lowest BCUT2D eigenvalue weighted by molar-refractivity contribution is 0.567. The highest BCUT2D eigenvalue weighted by molar-refractivity contribution is 5.87. The highest BCUT2D eigenvalue weighted by Gasteiger charge is 2.36. The van der Waals surface area contributed by atoms with Gasteiger partial charge >= 0.3 is 0 Å². The van der Waals surface area contributed by atoms with Gasteiger partial charge in [-0.3, -0.25) is 0 Å². The second-order valence-electron chi connectivity index (χ2n) is 5.22. The highest BCUT2D eigenvalue weighted by atomic mass is 15.3. The van der Waals surface area contributed by atoms with E-state index in [-0.39, 0.29) is 0 Å². The summed E-state index contributed by atoms with van der Waals surface area (Å²) in [5.41, 5.74) is 0.941. The van der Waals surface area contributed by atoms with Crippen molar-refractivity contribution in [3.8, 4) is 0 Å². The normalized spacial score (nSPS) is 27.7. The Bertz CT molecular complexity index is 549. The van der Waals surface area contributed by atoms with Crippen LogP contribution in [0.4, 0.5) is 5.82 Å². The molecule has 2 aliphatic heterocycles. The van der Waals surface area contributed by atoms with E-state index in [1.54, 1.807) is 6.33 Å². The molecule has 2 aromatic heterocycles. The summed E-state index contributed by atoms with van der Waals surface area (Å²) in [6.45, 7) is 2.20. The molecule has 5 heteroatoms. The zero-order chi connectivity index (χ0) is 11.9. The fourth-order valence-corrected chi connectivity index (χ4v) is 3.39. The van der Waals surface area contributed by atoms with Crippen LogP contribution in [-0.4, -0.2) is 40.1 Å². The molecule has 4 rings (SSSR count). The van der Waals surface area contributed by atoms with E-state index >= 15 is 0 Å². The maximum absolute atomic E-state index is 4.55. The molecule has 2 aromatic rings. The second-order valence-corrected chi connectivity index (χ2v) is 5.22. The molecule has 0 aliphatic carbocycles. The van der Waals surface area contributed by atoms with E-state index in [9.17, 15) is 0 Å². The second kappa shape index (κ2) is 3.95. The molecule has 2 aliphatic rings. The van der Waals surface area contributed by atoms with Crippen LogP contribution >= 0.6 is 0 Å². The number of aromatic amines is 1. The van der Waals surface area contributed by atoms with Crippen molar-refractivity contribution in [2.45, 2.75) is 31.3 Å². The summed E-state index contributed by atoms with van der Waals surface area (Å²) in [6, 6.07) is 3.31. The predicted molar refractivity (Wildman–Crippen MR) is 70.7 cm³/mol. The Morgan fingerprint density at radius 1 is 1.17 bits per heavy atom. The number of fused-ring (bicyclic) bond motifs is 3. The van der Waals surface area contributed by atoms with Gasteiger partial charge < -0.3 is 15.2 Å². The lowest BCUT2D eigenvalue weighted by Crippen LogP contribution is -2.38. The maximum atomic E-state index is 4.55. The Balaban J connectivity index is 1.84. The summed E-state index contributed by atoms with van der Waals surface area (Å²) < 4.78 is 0. The van der Waals surface area contributed by atoms with Crippen LogP contribution in [0.2, 0.25) is 0 Å². The Labute approximate surface area is 106 Å². The highest BCUT2D eigenvalue weighted by Crippen LogP contribution is 2.35. The molecule has 0 unspecified atom stereocenters. The largest absolute Gasteiger partial charge is 0.349 e. The minimum Gasteiger partial charge on any atom is -0.349 e. The number of H-pyrrole nitrogens is 1. The van der Waals surface area contributed by atoms with E-state index in [0.29, 0.717) is 12.1 Å². The molecular formula is C13H17N5. The number of hydrogen-bond acceptors (Lipinski definition) is 4. The van der Waals surface area contributed by atoms with Crippen molar-refractivity contribution in [2.75, 3.05) is 18.0 Å². The molecule has 18 heavy (non-hydrogen) atoms. The van der Waals surface area contributed by atoms with Gasteiger partial charge in [0.05, 0.1) is 5.39 Å². The third kappa shape index (κ3) is 1.43. The average Bonchev–Trinajstić information content (AvgIpc) is 2.92. The first-order valence-corrected chi connectivity index (χ1v) is 6.70. The fraction of sp³-hybridized carbons (Fsp3) is 0.538.